The van der Waals surface area contributed by atoms with E-state index < -0.39 is 17.8 Å². The number of nitrogens with zero attached hydrogens (tertiary/aromatic N) is 4. The molecule has 33 heavy (non-hydrogen) atoms. The van der Waals surface area contributed by atoms with E-state index in [1.165, 1.54) is 0 Å². The highest BCUT2D eigenvalue weighted by molar-refractivity contribution is 7.18. The molecule has 5 rings (SSSR count). The van der Waals surface area contributed by atoms with E-state index in [0.29, 0.717) is 19.5 Å². The number of rotatable bonds is 4. The Morgan fingerprint density at radius 3 is 2.64 bits per heavy atom. The van der Waals surface area contributed by atoms with Crippen LogP contribution < -0.4 is 0 Å². The number of fused-ring (bicyclic) bond motifs is 1. The highest BCUT2D eigenvalue weighted by Crippen LogP contribution is 2.34. The van der Waals surface area contributed by atoms with Crippen LogP contribution in [0.3, 0.4) is 0 Å². The molecule has 1 aliphatic carbocycles. The summed E-state index contributed by atoms with van der Waals surface area (Å²) in [5.74, 6) is -1.68. The normalized spacial score (nSPS) is 26.5. The number of urea groups is 1. The van der Waals surface area contributed by atoms with Gasteiger partial charge in [0.15, 0.2) is 0 Å². The van der Waals surface area contributed by atoms with E-state index in [-0.39, 0.29) is 30.3 Å². The van der Waals surface area contributed by atoms with Crippen molar-refractivity contribution in [2.24, 2.45) is 5.92 Å². The van der Waals surface area contributed by atoms with Crippen LogP contribution >= 0.6 is 11.3 Å². The smallest absolute Gasteiger partial charge is 0.334 e. The summed E-state index contributed by atoms with van der Waals surface area (Å²) >= 11 is 1.65. The summed E-state index contributed by atoms with van der Waals surface area (Å²) in [5, 5.41) is 1.01. The predicted molar refractivity (Wildman–Crippen MR) is 124 cm³/mol. The topological polar surface area (TPSA) is 90.9 Å². The van der Waals surface area contributed by atoms with Crippen LogP contribution in [0.1, 0.15) is 56.4 Å². The van der Waals surface area contributed by atoms with Crippen molar-refractivity contribution in [3.63, 3.8) is 0 Å². The Morgan fingerprint density at radius 1 is 1.06 bits per heavy atom. The molecule has 2 aromatic rings. The third kappa shape index (κ3) is 4.03. The van der Waals surface area contributed by atoms with Crippen molar-refractivity contribution in [2.45, 2.75) is 57.4 Å². The molecule has 3 aliphatic rings. The average molecular weight is 469 g/mol. The minimum absolute atomic E-state index is 0.131. The lowest BCUT2D eigenvalue weighted by molar-refractivity contribution is -0.146. The molecule has 5 amide bonds. The molecule has 0 radical (unpaired) electrons. The number of hydrogen-bond acceptors (Lipinski definition) is 6. The number of likely N-dealkylation sites (tertiary alicyclic amines) is 1. The molecule has 3 fully saturated rings. The van der Waals surface area contributed by atoms with Crippen molar-refractivity contribution in [1.82, 2.24) is 19.7 Å². The molecule has 2 aliphatic heterocycles. The van der Waals surface area contributed by atoms with Gasteiger partial charge in [0.25, 0.3) is 0 Å². The van der Waals surface area contributed by atoms with Crippen molar-refractivity contribution < 1.29 is 19.2 Å². The number of imide groups is 2. The Morgan fingerprint density at radius 2 is 1.85 bits per heavy atom. The van der Waals surface area contributed by atoms with Gasteiger partial charge in [-0.05, 0) is 43.7 Å². The molecule has 1 saturated carbocycles. The Hall–Kier alpha value is -2.81. The summed E-state index contributed by atoms with van der Waals surface area (Å²) in [4.78, 5) is 59.7. The van der Waals surface area contributed by atoms with E-state index in [9.17, 15) is 19.2 Å². The van der Waals surface area contributed by atoms with Gasteiger partial charge in [0, 0.05) is 25.0 Å². The zero-order valence-corrected chi connectivity index (χ0v) is 19.6. The number of carbonyl (C=O) groups excluding carboxylic acids is 4. The lowest BCUT2D eigenvalue weighted by Crippen LogP contribution is -2.48. The van der Waals surface area contributed by atoms with Gasteiger partial charge in [-0.1, -0.05) is 31.9 Å². The summed E-state index contributed by atoms with van der Waals surface area (Å²) in [7, 11) is 0. The monoisotopic (exact) mass is 468 g/mol. The maximum Gasteiger partial charge on any atom is 0.334 e. The first kappa shape index (κ1) is 22.0. The van der Waals surface area contributed by atoms with E-state index in [0.717, 1.165) is 57.1 Å². The first-order chi connectivity index (χ1) is 15.9. The summed E-state index contributed by atoms with van der Waals surface area (Å²) in [5.41, 5.74) is 0.963. The quantitative estimate of drug-likeness (QED) is 0.507. The molecule has 1 aromatic heterocycles. The van der Waals surface area contributed by atoms with Gasteiger partial charge in [-0.15, -0.1) is 11.3 Å². The van der Waals surface area contributed by atoms with Crippen LogP contribution in [0, 0.1) is 5.92 Å². The van der Waals surface area contributed by atoms with Crippen LogP contribution in [0.2, 0.25) is 0 Å². The standard InChI is InChI=1S/C24H28N4O4S/c1-15-7-2-4-10-18(15)28-23(31)22(30)27(24(28)32)14-20(29)26-12-6-8-16(13-26)21-25-17-9-3-5-11-19(17)33-21/h3,5,9,11,15-16,18H,2,4,6-8,10,12-14H2,1H3/t15-,16-,18+/m1/s1. The van der Waals surface area contributed by atoms with Crippen LogP contribution in [-0.2, 0) is 14.4 Å². The summed E-state index contributed by atoms with van der Waals surface area (Å²) < 4.78 is 1.12. The number of piperidine rings is 1. The van der Waals surface area contributed by atoms with Gasteiger partial charge in [0.2, 0.25) is 5.91 Å². The van der Waals surface area contributed by atoms with Crippen LogP contribution in [0.5, 0.6) is 0 Å². The van der Waals surface area contributed by atoms with Crippen molar-refractivity contribution in [3.05, 3.63) is 29.3 Å². The van der Waals surface area contributed by atoms with E-state index in [4.69, 9.17) is 4.98 Å². The molecule has 0 N–H and O–H groups in total. The maximum atomic E-state index is 13.1. The Balaban J connectivity index is 1.27. The molecule has 2 saturated heterocycles. The second-order valence-corrected chi connectivity index (χ2v) is 10.4. The number of thiazole rings is 1. The van der Waals surface area contributed by atoms with Gasteiger partial charge in [-0.2, -0.15) is 0 Å². The summed E-state index contributed by atoms with van der Waals surface area (Å²) in [6.45, 7) is 2.71. The molecule has 0 spiro atoms. The zero-order valence-electron chi connectivity index (χ0n) is 18.7. The van der Waals surface area contributed by atoms with E-state index in [2.05, 4.69) is 0 Å². The summed E-state index contributed by atoms with van der Waals surface area (Å²) in [6, 6.07) is 7.08. The predicted octanol–water partition coefficient (Wildman–Crippen LogP) is 3.37. The lowest BCUT2D eigenvalue weighted by Gasteiger charge is -2.34. The van der Waals surface area contributed by atoms with Gasteiger partial charge in [0.05, 0.1) is 15.2 Å². The molecule has 8 nitrogen and oxygen atoms in total. The number of hydrogen-bond donors (Lipinski definition) is 0. The molecule has 1 aromatic carbocycles. The van der Waals surface area contributed by atoms with E-state index in [1.807, 2.05) is 31.2 Å². The first-order valence-corrected chi connectivity index (χ1v) is 12.6. The third-order valence-electron chi connectivity index (χ3n) is 7.21. The molecule has 0 unspecified atom stereocenters. The van der Waals surface area contributed by atoms with Gasteiger partial charge in [-0.3, -0.25) is 19.3 Å². The largest absolute Gasteiger partial charge is 0.340 e. The Labute approximate surface area is 196 Å². The van der Waals surface area contributed by atoms with Crippen molar-refractivity contribution in [3.8, 4) is 0 Å². The highest BCUT2D eigenvalue weighted by atomic mass is 32.1. The third-order valence-corrected chi connectivity index (χ3v) is 8.41. The fourth-order valence-corrected chi connectivity index (χ4v) is 6.43. The second-order valence-electron chi connectivity index (χ2n) is 9.38. The molecule has 174 valence electrons. The molecule has 3 atom stereocenters. The van der Waals surface area contributed by atoms with Gasteiger partial charge in [-0.25, -0.2) is 14.7 Å². The lowest BCUT2D eigenvalue weighted by atomic mass is 9.85. The molecular formula is C24H28N4O4S. The number of aromatic nitrogens is 1. The van der Waals surface area contributed by atoms with E-state index in [1.54, 1.807) is 16.2 Å². The van der Waals surface area contributed by atoms with Gasteiger partial charge >= 0.3 is 17.8 Å². The molecule has 0 bridgehead atoms. The molecular weight excluding hydrogens is 440 g/mol. The van der Waals surface area contributed by atoms with Gasteiger partial charge in [0.1, 0.15) is 6.54 Å². The van der Waals surface area contributed by atoms with Crippen LogP contribution in [-0.4, -0.2) is 69.1 Å². The second kappa shape index (κ2) is 8.85. The zero-order chi connectivity index (χ0) is 23.1. The van der Waals surface area contributed by atoms with E-state index >= 15 is 0 Å². The average Bonchev–Trinajstić information content (AvgIpc) is 3.35. The summed E-state index contributed by atoms with van der Waals surface area (Å²) in [6.07, 6.45) is 5.41. The number of benzene rings is 1. The Kier molecular flexibility index (Phi) is 5.90. The van der Waals surface area contributed by atoms with Crippen LogP contribution in [0.4, 0.5) is 4.79 Å². The minimum Gasteiger partial charge on any atom is -0.340 e. The van der Waals surface area contributed by atoms with Crippen molar-refractivity contribution >= 4 is 45.3 Å². The number of amides is 5. The van der Waals surface area contributed by atoms with Gasteiger partial charge < -0.3 is 4.90 Å². The maximum absolute atomic E-state index is 13.1. The molecule has 9 heteroatoms. The van der Waals surface area contributed by atoms with Crippen LogP contribution in [0.25, 0.3) is 10.2 Å². The minimum atomic E-state index is -0.883. The van der Waals surface area contributed by atoms with Crippen LogP contribution in [0.15, 0.2) is 24.3 Å². The highest BCUT2D eigenvalue weighted by Gasteiger charge is 2.50. The first-order valence-electron chi connectivity index (χ1n) is 11.8. The Bertz CT molecular complexity index is 1080. The number of para-hydroxylation sites is 1. The van der Waals surface area contributed by atoms with Crippen molar-refractivity contribution in [2.75, 3.05) is 19.6 Å². The SMILES string of the molecule is C[C@@H]1CCCC[C@@H]1N1C(=O)C(=O)N(CC(=O)N2CCC[C@@H](c3nc4ccccc4s3)C2)C1=O. The fourth-order valence-electron chi connectivity index (χ4n) is 5.34. The van der Waals surface area contributed by atoms with Crippen molar-refractivity contribution in [1.29, 1.82) is 0 Å². The number of carbonyl (C=O) groups is 4. The molecule has 3 heterocycles. The fraction of sp³-hybridized carbons (Fsp3) is 0.542.